The standard InChI is InChI=1S/C14H15Cl2N3O4/c1-8-14(19(21)22)9(2)18(17-8)6-11(20)7-23-13-4-3-10(15)5-12(13)16/h3-5,11,20H,6-7H2,1-2H3. The Hall–Kier alpha value is -1.83. The van der Waals surface area contributed by atoms with Crippen LogP contribution in [0.3, 0.4) is 0 Å². The van der Waals surface area contributed by atoms with Crippen LogP contribution in [0.2, 0.25) is 10.0 Å². The van der Waals surface area contributed by atoms with E-state index in [1.165, 1.54) is 10.7 Å². The summed E-state index contributed by atoms with van der Waals surface area (Å²) in [6, 6.07) is 4.76. The quantitative estimate of drug-likeness (QED) is 0.631. The molecule has 0 aliphatic carbocycles. The number of hydrogen-bond donors (Lipinski definition) is 1. The maximum atomic E-state index is 11.0. The van der Waals surface area contributed by atoms with Crippen molar-refractivity contribution in [2.45, 2.75) is 26.5 Å². The average molecular weight is 360 g/mol. The van der Waals surface area contributed by atoms with Crippen LogP contribution < -0.4 is 4.74 Å². The van der Waals surface area contributed by atoms with Crippen LogP contribution in [0.4, 0.5) is 5.69 Å². The number of rotatable bonds is 6. The number of nitro groups is 1. The van der Waals surface area contributed by atoms with Crippen molar-refractivity contribution in [2.24, 2.45) is 0 Å². The van der Waals surface area contributed by atoms with E-state index in [1.807, 2.05) is 0 Å². The van der Waals surface area contributed by atoms with Crippen molar-refractivity contribution in [3.05, 3.63) is 49.7 Å². The number of ether oxygens (including phenoxy) is 1. The Labute approximate surface area is 142 Å². The summed E-state index contributed by atoms with van der Waals surface area (Å²) in [6.07, 6.45) is -0.903. The molecular weight excluding hydrogens is 345 g/mol. The Morgan fingerprint density at radius 1 is 1.43 bits per heavy atom. The lowest BCUT2D eigenvalue weighted by Crippen LogP contribution is -2.25. The minimum atomic E-state index is -0.903. The Morgan fingerprint density at radius 2 is 2.13 bits per heavy atom. The minimum absolute atomic E-state index is 0.0342. The Balaban J connectivity index is 2.01. The van der Waals surface area contributed by atoms with E-state index in [0.717, 1.165) is 0 Å². The molecule has 124 valence electrons. The second-order valence-corrected chi connectivity index (χ2v) is 5.84. The van der Waals surface area contributed by atoms with Crippen LogP contribution >= 0.6 is 23.2 Å². The molecule has 0 amide bonds. The summed E-state index contributed by atoms with van der Waals surface area (Å²) >= 11 is 11.8. The zero-order valence-corrected chi connectivity index (χ0v) is 14.0. The molecule has 1 atom stereocenters. The summed E-state index contributed by atoms with van der Waals surface area (Å²) in [6.45, 7) is 3.18. The highest BCUT2D eigenvalue weighted by Crippen LogP contribution is 2.27. The van der Waals surface area contributed by atoms with Crippen molar-refractivity contribution >= 4 is 28.9 Å². The molecule has 0 radical (unpaired) electrons. The van der Waals surface area contributed by atoms with Gasteiger partial charge >= 0.3 is 5.69 Å². The molecule has 0 saturated heterocycles. The predicted molar refractivity (Wildman–Crippen MR) is 86.3 cm³/mol. The molecule has 0 spiro atoms. The first-order chi connectivity index (χ1) is 10.8. The van der Waals surface area contributed by atoms with Gasteiger partial charge in [-0.05, 0) is 32.0 Å². The second-order valence-electron chi connectivity index (χ2n) is 5.00. The van der Waals surface area contributed by atoms with Gasteiger partial charge in [-0.15, -0.1) is 0 Å². The molecule has 0 saturated carbocycles. The first-order valence-corrected chi connectivity index (χ1v) is 7.49. The highest BCUT2D eigenvalue weighted by Gasteiger charge is 2.23. The van der Waals surface area contributed by atoms with Crippen LogP contribution in [-0.4, -0.2) is 32.5 Å². The molecular formula is C14H15Cl2N3O4. The minimum Gasteiger partial charge on any atom is -0.489 e. The molecule has 1 aromatic heterocycles. The number of aliphatic hydroxyl groups is 1. The van der Waals surface area contributed by atoms with Crippen LogP contribution in [0.5, 0.6) is 5.75 Å². The van der Waals surface area contributed by atoms with Crippen molar-refractivity contribution in [2.75, 3.05) is 6.61 Å². The highest BCUT2D eigenvalue weighted by molar-refractivity contribution is 6.35. The summed E-state index contributed by atoms with van der Waals surface area (Å²) in [7, 11) is 0. The van der Waals surface area contributed by atoms with Gasteiger partial charge in [0.1, 0.15) is 29.8 Å². The van der Waals surface area contributed by atoms with Gasteiger partial charge in [-0.1, -0.05) is 23.2 Å². The summed E-state index contributed by atoms with van der Waals surface area (Å²) in [4.78, 5) is 10.5. The molecule has 0 aliphatic rings. The highest BCUT2D eigenvalue weighted by atomic mass is 35.5. The smallest absolute Gasteiger partial charge is 0.312 e. The van der Waals surface area contributed by atoms with Crippen molar-refractivity contribution < 1.29 is 14.8 Å². The molecule has 0 aliphatic heterocycles. The van der Waals surface area contributed by atoms with Crippen molar-refractivity contribution in [1.82, 2.24) is 9.78 Å². The maximum absolute atomic E-state index is 11.0. The van der Waals surface area contributed by atoms with Crippen LogP contribution in [0.1, 0.15) is 11.4 Å². The average Bonchev–Trinajstić information content (AvgIpc) is 2.72. The number of nitrogens with zero attached hydrogens (tertiary/aromatic N) is 3. The van der Waals surface area contributed by atoms with Crippen molar-refractivity contribution in [3.63, 3.8) is 0 Å². The maximum Gasteiger partial charge on any atom is 0.312 e. The predicted octanol–water partition coefficient (Wildman–Crippen LogP) is 3.15. The fourth-order valence-corrected chi connectivity index (χ4v) is 2.62. The molecule has 2 aromatic rings. The molecule has 9 heteroatoms. The van der Waals surface area contributed by atoms with Crippen LogP contribution in [0, 0.1) is 24.0 Å². The fourth-order valence-electron chi connectivity index (χ4n) is 2.16. The molecule has 1 heterocycles. The topological polar surface area (TPSA) is 90.4 Å². The van der Waals surface area contributed by atoms with E-state index in [4.69, 9.17) is 27.9 Å². The van der Waals surface area contributed by atoms with E-state index in [-0.39, 0.29) is 18.8 Å². The summed E-state index contributed by atoms with van der Waals surface area (Å²) in [5.74, 6) is 0.398. The summed E-state index contributed by atoms with van der Waals surface area (Å²) in [5, 5.41) is 25.9. The SMILES string of the molecule is Cc1nn(CC(O)COc2ccc(Cl)cc2Cl)c(C)c1[N+](=O)[O-]. The Kier molecular flexibility index (Phi) is 5.46. The number of hydrogen-bond acceptors (Lipinski definition) is 5. The number of halogens is 2. The van der Waals surface area contributed by atoms with E-state index in [0.29, 0.717) is 27.2 Å². The van der Waals surface area contributed by atoms with Gasteiger partial charge in [-0.2, -0.15) is 5.10 Å². The zero-order chi connectivity index (χ0) is 17.1. The van der Waals surface area contributed by atoms with Gasteiger partial charge in [0.15, 0.2) is 0 Å². The van der Waals surface area contributed by atoms with Crippen LogP contribution in [-0.2, 0) is 6.54 Å². The van der Waals surface area contributed by atoms with E-state index < -0.39 is 11.0 Å². The van der Waals surface area contributed by atoms with E-state index >= 15 is 0 Å². The van der Waals surface area contributed by atoms with Crippen molar-refractivity contribution in [3.8, 4) is 5.75 Å². The fraction of sp³-hybridized carbons (Fsp3) is 0.357. The normalized spacial score (nSPS) is 12.2. The van der Waals surface area contributed by atoms with Crippen LogP contribution in [0.15, 0.2) is 18.2 Å². The molecule has 1 unspecified atom stereocenters. The Bertz CT molecular complexity index is 733. The van der Waals surface area contributed by atoms with E-state index in [1.54, 1.807) is 26.0 Å². The summed E-state index contributed by atoms with van der Waals surface area (Å²) in [5.41, 5.74) is 0.649. The van der Waals surface area contributed by atoms with Gasteiger partial charge in [0.2, 0.25) is 0 Å². The number of aliphatic hydroxyl groups excluding tert-OH is 1. The molecule has 2 rings (SSSR count). The summed E-state index contributed by atoms with van der Waals surface area (Å²) < 4.78 is 6.83. The zero-order valence-electron chi connectivity index (χ0n) is 12.5. The third kappa shape index (κ3) is 4.13. The lowest BCUT2D eigenvalue weighted by Gasteiger charge is -2.14. The van der Waals surface area contributed by atoms with E-state index in [2.05, 4.69) is 5.10 Å². The largest absolute Gasteiger partial charge is 0.489 e. The lowest BCUT2D eigenvalue weighted by molar-refractivity contribution is -0.386. The lowest BCUT2D eigenvalue weighted by atomic mass is 10.3. The van der Waals surface area contributed by atoms with Gasteiger partial charge in [0.05, 0.1) is 16.5 Å². The molecule has 23 heavy (non-hydrogen) atoms. The molecule has 1 N–H and O–H groups in total. The van der Waals surface area contributed by atoms with E-state index in [9.17, 15) is 15.2 Å². The van der Waals surface area contributed by atoms with Gasteiger partial charge in [0.25, 0.3) is 0 Å². The number of aryl methyl sites for hydroxylation is 1. The number of aromatic nitrogens is 2. The third-order valence-electron chi connectivity index (χ3n) is 3.23. The first kappa shape index (κ1) is 17.5. The van der Waals surface area contributed by atoms with Gasteiger partial charge < -0.3 is 9.84 Å². The molecule has 0 fully saturated rings. The van der Waals surface area contributed by atoms with Gasteiger partial charge in [-0.3, -0.25) is 14.8 Å². The van der Waals surface area contributed by atoms with Gasteiger partial charge in [-0.25, -0.2) is 0 Å². The molecule has 1 aromatic carbocycles. The Morgan fingerprint density at radius 3 is 2.70 bits per heavy atom. The van der Waals surface area contributed by atoms with Gasteiger partial charge in [0, 0.05) is 5.02 Å². The van der Waals surface area contributed by atoms with Crippen molar-refractivity contribution in [1.29, 1.82) is 0 Å². The second kappa shape index (κ2) is 7.16. The number of benzene rings is 1. The van der Waals surface area contributed by atoms with Crippen LogP contribution in [0.25, 0.3) is 0 Å². The third-order valence-corrected chi connectivity index (χ3v) is 3.77. The monoisotopic (exact) mass is 359 g/mol. The first-order valence-electron chi connectivity index (χ1n) is 6.74. The molecule has 7 nitrogen and oxygen atoms in total. The molecule has 0 bridgehead atoms.